The highest BCUT2D eigenvalue weighted by atomic mass is 16.5. The van der Waals surface area contributed by atoms with Gasteiger partial charge in [0.05, 0.1) is 6.61 Å². The first-order chi connectivity index (χ1) is 9.14. The first-order valence-electron chi connectivity index (χ1n) is 7.54. The van der Waals surface area contributed by atoms with E-state index in [0.29, 0.717) is 19.6 Å². The molecule has 1 amide bonds. The summed E-state index contributed by atoms with van der Waals surface area (Å²) in [5, 5.41) is 3.11. The Kier molecular flexibility index (Phi) is 5.19. The van der Waals surface area contributed by atoms with E-state index in [0.717, 1.165) is 25.9 Å². The van der Waals surface area contributed by atoms with E-state index in [2.05, 4.69) is 17.1 Å². The molecule has 0 aromatic rings. The summed E-state index contributed by atoms with van der Waals surface area (Å²) in [5.41, 5.74) is 5.27. The van der Waals surface area contributed by atoms with Gasteiger partial charge in [-0.2, -0.15) is 0 Å². The van der Waals surface area contributed by atoms with Crippen LogP contribution < -0.4 is 11.1 Å². The number of unbranched alkanes of at least 4 members (excludes halogenated alkanes) is 1. The van der Waals surface area contributed by atoms with Crippen molar-refractivity contribution in [3.05, 3.63) is 0 Å². The minimum absolute atomic E-state index is 0.0305. The Balaban J connectivity index is 1.72. The average Bonchev–Trinajstić information content (AvgIpc) is 2.86. The van der Waals surface area contributed by atoms with E-state index in [1.54, 1.807) is 0 Å². The van der Waals surface area contributed by atoms with E-state index in [4.69, 9.17) is 10.5 Å². The zero-order valence-electron chi connectivity index (χ0n) is 12.0. The molecule has 1 unspecified atom stereocenters. The van der Waals surface area contributed by atoms with Gasteiger partial charge in [0, 0.05) is 25.7 Å². The van der Waals surface area contributed by atoms with Crippen LogP contribution in [-0.2, 0) is 9.53 Å². The summed E-state index contributed by atoms with van der Waals surface area (Å²) in [6.07, 6.45) is 5.21. The number of rotatable bonds is 5. The molecule has 0 bridgehead atoms. The summed E-state index contributed by atoms with van der Waals surface area (Å²) >= 11 is 0. The first-order valence-corrected chi connectivity index (χ1v) is 7.54. The summed E-state index contributed by atoms with van der Waals surface area (Å²) in [6.45, 7) is 6.52. The van der Waals surface area contributed by atoms with Crippen LogP contribution in [-0.4, -0.2) is 55.2 Å². The molecule has 19 heavy (non-hydrogen) atoms. The van der Waals surface area contributed by atoms with Crippen molar-refractivity contribution in [1.82, 2.24) is 10.2 Å². The van der Waals surface area contributed by atoms with Crippen LogP contribution in [0.1, 0.15) is 39.0 Å². The monoisotopic (exact) mass is 269 g/mol. The number of hydrogen-bond donors (Lipinski definition) is 2. The highest BCUT2D eigenvalue weighted by molar-refractivity contribution is 5.86. The van der Waals surface area contributed by atoms with Crippen molar-refractivity contribution in [2.45, 2.75) is 50.6 Å². The number of ether oxygens (including phenoxy) is 1. The van der Waals surface area contributed by atoms with Gasteiger partial charge in [-0.3, -0.25) is 4.79 Å². The standard InChI is InChI=1S/C14H27N3O2/c1-2-3-7-17-8-4-12(5-9-17)16-13(18)14(15)6-10-19-11-14/h12H,2-11,15H2,1H3,(H,16,18). The number of nitrogens with two attached hydrogens (primary N) is 1. The number of carbonyl (C=O) groups is 1. The van der Waals surface area contributed by atoms with Crippen LogP contribution >= 0.6 is 0 Å². The van der Waals surface area contributed by atoms with E-state index in [9.17, 15) is 4.79 Å². The van der Waals surface area contributed by atoms with Gasteiger partial charge >= 0.3 is 0 Å². The molecule has 2 rings (SSSR count). The van der Waals surface area contributed by atoms with Gasteiger partial charge in [0.1, 0.15) is 5.54 Å². The molecule has 5 heteroatoms. The van der Waals surface area contributed by atoms with Gasteiger partial charge in [-0.05, 0) is 32.2 Å². The van der Waals surface area contributed by atoms with Crippen molar-refractivity contribution in [3.63, 3.8) is 0 Å². The Morgan fingerprint density at radius 1 is 1.47 bits per heavy atom. The van der Waals surface area contributed by atoms with Gasteiger partial charge < -0.3 is 20.7 Å². The second-order valence-corrected chi connectivity index (χ2v) is 5.90. The highest BCUT2D eigenvalue weighted by Gasteiger charge is 2.39. The van der Waals surface area contributed by atoms with Crippen molar-refractivity contribution >= 4 is 5.91 Å². The summed E-state index contributed by atoms with van der Waals surface area (Å²) in [5.74, 6) is -0.0305. The lowest BCUT2D eigenvalue weighted by Crippen LogP contribution is -2.58. The zero-order valence-corrected chi connectivity index (χ0v) is 12.0. The van der Waals surface area contributed by atoms with Gasteiger partial charge in [-0.1, -0.05) is 13.3 Å². The Bertz CT molecular complexity index is 295. The number of nitrogens with one attached hydrogen (secondary N) is 1. The number of amides is 1. The highest BCUT2D eigenvalue weighted by Crippen LogP contribution is 2.17. The van der Waals surface area contributed by atoms with Crippen LogP contribution in [0.15, 0.2) is 0 Å². The molecular weight excluding hydrogens is 242 g/mol. The van der Waals surface area contributed by atoms with Crippen molar-refractivity contribution in [2.24, 2.45) is 5.73 Å². The fourth-order valence-corrected chi connectivity index (χ4v) is 2.77. The van der Waals surface area contributed by atoms with Crippen molar-refractivity contribution in [2.75, 3.05) is 32.8 Å². The molecule has 110 valence electrons. The van der Waals surface area contributed by atoms with Crippen molar-refractivity contribution in [3.8, 4) is 0 Å². The van der Waals surface area contributed by atoms with Crippen LogP contribution in [0.2, 0.25) is 0 Å². The van der Waals surface area contributed by atoms with Gasteiger partial charge in [-0.25, -0.2) is 0 Å². The molecule has 5 nitrogen and oxygen atoms in total. The zero-order chi connectivity index (χ0) is 13.7. The third-order valence-electron chi connectivity index (χ3n) is 4.26. The minimum Gasteiger partial charge on any atom is -0.379 e. The van der Waals surface area contributed by atoms with Crippen LogP contribution in [0.4, 0.5) is 0 Å². The Morgan fingerprint density at radius 3 is 2.79 bits per heavy atom. The lowest BCUT2D eigenvalue weighted by atomic mass is 9.97. The van der Waals surface area contributed by atoms with Crippen LogP contribution in [0.3, 0.4) is 0 Å². The Labute approximate surface area is 115 Å². The topological polar surface area (TPSA) is 67.6 Å². The fourth-order valence-electron chi connectivity index (χ4n) is 2.77. The molecule has 2 heterocycles. The molecular formula is C14H27N3O2. The number of carbonyl (C=O) groups excluding carboxylic acids is 1. The van der Waals surface area contributed by atoms with E-state index in [1.165, 1.54) is 19.4 Å². The van der Waals surface area contributed by atoms with Gasteiger partial charge in [0.15, 0.2) is 0 Å². The van der Waals surface area contributed by atoms with E-state index in [-0.39, 0.29) is 11.9 Å². The molecule has 2 aliphatic heterocycles. The lowest BCUT2D eigenvalue weighted by molar-refractivity contribution is -0.127. The van der Waals surface area contributed by atoms with Gasteiger partial charge in [0.2, 0.25) is 5.91 Å². The molecule has 2 saturated heterocycles. The molecule has 1 atom stereocenters. The normalized spacial score (nSPS) is 29.6. The third-order valence-corrected chi connectivity index (χ3v) is 4.26. The second kappa shape index (κ2) is 6.68. The predicted octanol–water partition coefficient (Wildman–Crippen LogP) is 0.485. The molecule has 0 aliphatic carbocycles. The van der Waals surface area contributed by atoms with Crippen LogP contribution in [0.25, 0.3) is 0 Å². The molecule has 2 aliphatic rings. The second-order valence-electron chi connectivity index (χ2n) is 5.90. The number of hydrogen-bond acceptors (Lipinski definition) is 4. The van der Waals surface area contributed by atoms with E-state index in [1.807, 2.05) is 0 Å². The smallest absolute Gasteiger partial charge is 0.242 e. The van der Waals surface area contributed by atoms with Gasteiger partial charge in [-0.15, -0.1) is 0 Å². The molecule has 0 spiro atoms. The molecule has 0 saturated carbocycles. The molecule has 0 radical (unpaired) electrons. The molecule has 2 fully saturated rings. The van der Waals surface area contributed by atoms with Crippen molar-refractivity contribution in [1.29, 1.82) is 0 Å². The maximum Gasteiger partial charge on any atom is 0.242 e. The number of likely N-dealkylation sites (tertiary alicyclic amines) is 1. The summed E-state index contributed by atoms with van der Waals surface area (Å²) in [6, 6.07) is 0.284. The SMILES string of the molecule is CCCCN1CCC(NC(=O)C2(N)CCOC2)CC1. The van der Waals surface area contributed by atoms with E-state index < -0.39 is 5.54 Å². The van der Waals surface area contributed by atoms with Crippen LogP contribution in [0.5, 0.6) is 0 Å². The molecule has 0 aromatic carbocycles. The first kappa shape index (κ1) is 14.8. The quantitative estimate of drug-likeness (QED) is 0.762. The Hall–Kier alpha value is -0.650. The van der Waals surface area contributed by atoms with Gasteiger partial charge in [0.25, 0.3) is 0 Å². The summed E-state index contributed by atoms with van der Waals surface area (Å²) < 4.78 is 5.24. The third kappa shape index (κ3) is 3.91. The van der Waals surface area contributed by atoms with Crippen molar-refractivity contribution < 1.29 is 9.53 Å². The summed E-state index contributed by atoms with van der Waals surface area (Å²) in [4.78, 5) is 14.6. The molecule has 0 aromatic heterocycles. The molecule has 3 N–H and O–H groups in total. The number of piperidine rings is 1. The Morgan fingerprint density at radius 2 is 2.21 bits per heavy atom. The lowest BCUT2D eigenvalue weighted by Gasteiger charge is -2.33. The van der Waals surface area contributed by atoms with E-state index >= 15 is 0 Å². The maximum absolute atomic E-state index is 12.2. The van der Waals surface area contributed by atoms with Crippen LogP contribution in [0, 0.1) is 0 Å². The fraction of sp³-hybridized carbons (Fsp3) is 0.929. The average molecular weight is 269 g/mol. The minimum atomic E-state index is -0.792. The predicted molar refractivity (Wildman–Crippen MR) is 74.9 cm³/mol. The summed E-state index contributed by atoms with van der Waals surface area (Å²) in [7, 11) is 0. The largest absolute Gasteiger partial charge is 0.379 e. The maximum atomic E-state index is 12.2. The number of nitrogens with zero attached hydrogens (tertiary/aromatic N) is 1.